The molecule has 148 valence electrons. The van der Waals surface area contributed by atoms with Crippen LogP contribution in [-0.4, -0.2) is 36.6 Å². The number of ether oxygens (including phenoxy) is 1. The number of nitrogens with zero attached hydrogens (tertiary/aromatic N) is 1. The van der Waals surface area contributed by atoms with E-state index in [1.54, 1.807) is 7.11 Å². The fraction of sp³-hybridized carbons (Fsp3) is 0.333. The second kappa shape index (κ2) is 9.81. The molecule has 1 N–H and O–H groups in total. The zero-order valence-corrected chi connectivity index (χ0v) is 17.3. The van der Waals surface area contributed by atoms with Gasteiger partial charge in [0.2, 0.25) is 0 Å². The minimum Gasteiger partial charge on any atom is -0.497 e. The third-order valence-electron chi connectivity index (χ3n) is 5.58. The van der Waals surface area contributed by atoms with Gasteiger partial charge in [-0.05, 0) is 61.1 Å². The zero-order valence-electron chi connectivity index (χ0n) is 16.5. The number of aryl methyl sites for hydroxylation is 1. The highest BCUT2D eigenvalue weighted by molar-refractivity contribution is 5.85. The van der Waals surface area contributed by atoms with Gasteiger partial charge in [-0.15, -0.1) is 12.4 Å². The van der Waals surface area contributed by atoms with Gasteiger partial charge < -0.3 is 9.72 Å². The van der Waals surface area contributed by atoms with Gasteiger partial charge in [0.1, 0.15) is 5.75 Å². The van der Waals surface area contributed by atoms with Crippen LogP contribution in [0.4, 0.5) is 0 Å². The molecule has 0 fully saturated rings. The lowest BCUT2D eigenvalue weighted by Crippen LogP contribution is -2.29. The predicted octanol–water partition coefficient (Wildman–Crippen LogP) is 5.71. The number of H-pyrrole nitrogens is 1. The lowest BCUT2D eigenvalue weighted by atomic mass is 9.99. The molecule has 0 spiro atoms. The van der Waals surface area contributed by atoms with E-state index in [4.69, 9.17) is 4.74 Å². The van der Waals surface area contributed by atoms with Crippen LogP contribution in [0.5, 0.6) is 5.75 Å². The predicted molar refractivity (Wildman–Crippen MR) is 121 cm³/mol. The number of methoxy groups -OCH3 is 1. The quantitative estimate of drug-likeness (QED) is 0.518. The molecule has 2 aromatic carbocycles. The number of benzene rings is 2. The number of aromatic amines is 1. The van der Waals surface area contributed by atoms with E-state index in [1.165, 1.54) is 53.5 Å². The number of rotatable bonds is 7. The number of fused-ring (bicyclic) bond motifs is 1. The molecule has 0 radical (unpaired) electrons. The lowest BCUT2D eigenvalue weighted by Gasteiger charge is -2.26. The maximum atomic E-state index is 5.30. The third kappa shape index (κ3) is 4.78. The van der Waals surface area contributed by atoms with Crippen LogP contribution < -0.4 is 4.74 Å². The number of halogens is 1. The standard InChI is InChI=1S/C24H28N2O.ClH/c1-27-22-10-11-23-21(18-25-24(23)17-22)9-5-6-14-26-15-12-20(13-16-26)19-7-3-2-4-8-19;/h2-4,7-8,10-12,17-18,25H,5-6,9,13-16H2,1H3;1H. The van der Waals surface area contributed by atoms with Gasteiger partial charge >= 0.3 is 0 Å². The molecule has 0 aliphatic carbocycles. The van der Waals surface area contributed by atoms with Crippen molar-refractivity contribution in [1.82, 2.24) is 9.88 Å². The van der Waals surface area contributed by atoms with Crippen molar-refractivity contribution in [3.05, 3.63) is 71.9 Å². The Bertz CT molecular complexity index is 917. The summed E-state index contributed by atoms with van der Waals surface area (Å²) in [5, 5.41) is 1.32. The van der Waals surface area contributed by atoms with E-state index < -0.39 is 0 Å². The van der Waals surface area contributed by atoms with Gasteiger partial charge in [0.15, 0.2) is 0 Å². The first-order valence-electron chi connectivity index (χ1n) is 9.94. The Morgan fingerprint density at radius 3 is 2.68 bits per heavy atom. The van der Waals surface area contributed by atoms with Crippen LogP contribution in [0.25, 0.3) is 16.5 Å². The van der Waals surface area contributed by atoms with Gasteiger partial charge in [-0.25, -0.2) is 0 Å². The Labute approximate surface area is 173 Å². The molecule has 4 heteroatoms. The van der Waals surface area contributed by atoms with E-state index in [1.807, 2.05) is 6.07 Å². The molecule has 2 heterocycles. The number of aromatic nitrogens is 1. The minimum absolute atomic E-state index is 0. The summed E-state index contributed by atoms with van der Waals surface area (Å²) in [6, 6.07) is 17.1. The summed E-state index contributed by atoms with van der Waals surface area (Å²) in [6.45, 7) is 3.44. The first-order chi connectivity index (χ1) is 13.3. The Balaban J connectivity index is 0.00000225. The molecule has 1 aliphatic rings. The molecule has 3 nitrogen and oxygen atoms in total. The SMILES string of the molecule is COc1ccc2c(CCCCN3CC=C(c4ccccc4)CC3)c[nH]c2c1.Cl. The van der Waals surface area contributed by atoms with Crippen molar-refractivity contribution in [1.29, 1.82) is 0 Å². The van der Waals surface area contributed by atoms with E-state index in [0.29, 0.717) is 0 Å². The van der Waals surface area contributed by atoms with Crippen LogP contribution in [-0.2, 0) is 6.42 Å². The molecular formula is C24H29ClN2O. The number of nitrogens with one attached hydrogen (secondary N) is 1. The fourth-order valence-corrected chi connectivity index (χ4v) is 3.98. The van der Waals surface area contributed by atoms with Crippen LogP contribution in [0.2, 0.25) is 0 Å². The summed E-state index contributed by atoms with van der Waals surface area (Å²) < 4.78 is 5.30. The van der Waals surface area contributed by atoms with Crippen LogP contribution >= 0.6 is 12.4 Å². The van der Waals surface area contributed by atoms with Crippen molar-refractivity contribution in [3.63, 3.8) is 0 Å². The Kier molecular flexibility index (Phi) is 7.18. The topological polar surface area (TPSA) is 28.3 Å². The summed E-state index contributed by atoms with van der Waals surface area (Å²) in [5.41, 5.74) is 5.46. The fourth-order valence-electron chi connectivity index (χ4n) is 3.98. The molecule has 0 atom stereocenters. The summed E-state index contributed by atoms with van der Waals surface area (Å²) >= 11 is 0. The average Bonchev–Trinajstić information content (AvgIpc) is 3.14. The third-order valence-corrected chi connectivity index (χ3v) is 5.58. The van der Waals surface area contributed by atoms with Crippen molar-refractivity contribution < 1.29 is 4.74 Å². The largest absolute Gasteiger partial charge is 0.497 e. The molecule has 0 amide bonds. The van der Waals surface area contributed by atoms with Gasteiger partial charge in [-0.3, -0.25) is 4.90 Å². The van der Waals surface area contributed by atoms with Gasteiger partial charge in [0, 0.05) is 36.3 Å². The summed E-state index contributed by atoms with van der Waals surface area (Å²) in [5.74, 6) is 0.906. The average molecular weight is 397 g/mol. The smallest absolute Gasteiger partial charge is 0.120 e. The second-order valence-corrected chi connectivity index (χ2v) is 7.33. The molecule has 3 aromatic rings. The van der Waals surface area contributed by atoms with Gasteiger partial charge in [0.05, 0.1) is 7.11 Å². The van der Waals surface area contributed by atoms with E-state index in [2.05, 4.69) is 64.6 Å². The number of hydrogen-bond donors (Lipinski definition) is 1. The number of hydrogen-bond acceptors (Lipinski definition) is 2. The summed E-state index contributed by atoms with van der Waals surface area (Å²) in [4.78, 5) is 5.95. The molecule has 0 bridgehead atoms. The highest BCUT2D eigenvalue weighted by Gasteiger charge is 2.12. The zero-order chi connectivity index (χ0) is 18.5. The van der Waals surface area contributed by atoms with E-state index in [-0.39, 0.29) is 12.4 Å². The maximum Gasteiger partial charge on any atom is 0.120 e. The highest BCUT2D eigenvalue weighted by atomic mass is 35.5. The molecule has 4 rings (SSSR count). The minimum atomic E-state index is 0. The Morgan fingerprint density at radius 1 is 1.07 bits per heavy atom. The van der Waals surface area contributed by atoms with Crippen molar-refractivity contribution in [2.75, 3.05) is 26.7 Å². The van der Waals surface area contributed by atoms with Crippen molar-refractivity contribution in [3.8, 4) is 5.75 Å². The molecule has 1 aliphatic heterocycles. The van der Waals surface area contributed by atoms with Gasteiger partial charge in [-0.1, -0.05) is 36.4 Å². The second-order valence-electron chi connectivity index (χ2n) is 7.33. The molecule has 0 unspecified atom stereocenters. The Hall–Kier alpha value is -2.23. The number of unbranched alkanes of at least 4 members (excludes halogenated alkanes) is 1. The van der Waals surface area contributed by atoms with E-state index in [9.17, 15) is 0 Å². The van der Waals surface area contributed by atoms with Crippen LogP contribution in [0.1, 0.15) is 30.4 Å². The van der Waals surface area contributed by atoms with Crippen LogP contribution in [0.3, 0.4) is 0 Å². The van der Waals surface area contributed by atoms with Crippen molar-refractivity contribution in [2.45, 2.75) is 25.7 Å². The van der Waals surface area contributed by atoms with Crippen LogP contribution in [0, 0.1) is 0 Å². The first kappa shape index (κ1) is 20.5. The van der Waals surface area contributed by atoms with Gasteiger partial charge in [0.25, 0.3) is 0 Å². The van der Waals surface area contributed by atoms with E-state index in [0.717, 1.165) is 25.1 Å². The molecule has 1 aromatic heterocycles. The Morgan fingerprint density at radius 2 is 1.93 bits per heavy atom. The van der Waals surface area contributed by atoms with Crippen LogP contribution in [0.15, 0.2) is 60.8 Å². The molecule has 28 heavy (non-hydrogen) atoms. The van der Waals surface area contributed by atoms with E-state index >= 15 is 0 Å². The van der Waals surface area contributed by atoms with Crippen molar-refractivity contribution >= 4 is 28.9 Å². The lowest BCUT2D eigenvalue weighted by molar-refractivity contribution is 0.295. The monoisotopic (exact) mass is 396 g/mol. The normalized spacial score (nSPS) is 14.5. The summed E-state index contributed by atoms with van der Waals surface area (Å²) in [7, 11) is 1.71. The highest BCUT2D eigenvalue weighted by Crippen LogP contribution is 2.25. The maximum absolute atomic E-state index is 5.30. The summed E-state index contributed by atoms with van der Waals surface area (Å²) in [6.07, 6.45) is 9.33. The molecule has 0 saturated carbocycles. The van der Waals surface area contributed by atoms with Gasteiger partial charge in [-0.2, -0.15) is 0 Å². The first-order valence-corrected chi connectivity index (χ1v) is 9.94. The molecular weight excluding hydrogens is 368 g/mol. The molecule has 0 saturated heterocycles. The van der Waals surface area contributed by atoms with Crippen molar-refractivity contribution in [2.24, 2.45) is 0 Å².